The van der Waals surface area contributed by atoms with Crippen LogP contribution in [-0.2, 0) is 0 Å². The highest BCUT2D eigenvalue weighted by Crippen LogP contribution is 2.21. The zero-order valence-corrected chi connectivity index (χ0v) is 20.3. The predicted octanol–water partition coefficient (Wildman–Crippen LogP) is 7.48. The molecule has 4 nitrogen and oxygen atoms in total. The van der Waals surface area contributed by atoms with Crippen LogP contribution in [0.1, 0.15) is 27.1 Å². The molecule has 1 aromatic heterocycles. The van der Waals surface area contributed by atoms with Crippen LogP contribution in [0, 0.1) is 0 Å². The Morgan fingerprint density at radius 2 is 1.00 bits per heavy atom. The van der Waals surface area contributed by atoms with Gasteiger partial charge in [-0.25, -0.2) is 0 Å². The fourth-order valence-electron chi connectivity index (χ4n) is 3.73. The van der Waals surface area contributed by atoms with E-state index in [1.165, 1.54) is 0 Å². The van der Waals surface area contributed by atoms with E-state index < -0.39 is 0 Å². The predicted molar refractivity (Wildman–Crippen MR) is 153 cm³/mol. The van der Waals surface area contributed by atoms with Gasteiger partial charge in [-0.05, 0) is 11.4 Å². The molecule has 0 saturated carbocycles. The largest absolute Gasteiger partial charge is 0.276 e. The molecule has 174 valence electrons. The second kappa shape index (κ2) is 11.7. The van der Waals surface area contributed by atoms with E-state index >= 15 is 0 Å². The summed E-state index contributed by atoms with van der Waals surface area (Å²) in [5.74, 6) is 0. The Kier molecular flexibility index (Phi) is 7.52. The first-order chi connectivity index (χ1) is 17.9. The van der Waals surface area contributed by atoms with Gasteiger partial charge in [0.1, 0.15) is 5.71 Å². The summed E-state index contributed by atoms with van der Waals surface area (Å²) in [6.07, 6.45) is 1.78. The molecule has 0 aliphatic rings. The lowest BCUT2D eigenvalue weighted by Gasteiger charge is -2.08. The monoisotopic (exact) mass is 484 g/mol. The third kappa shape index (κ3) is 5.71. The molecule has 0 saturated heterocycles. The molecule has 0 fully saturated rings. The van der Waals surface area contributed by atoms with Gasteiger partial charge in [-0.3, -0.25) is 5.43 Å². The SMILES string of the molecule is C(=NN=C(c1ccccc1)c1ccccc1)c1sccc1NN=C(c1ccccc1)c1ccccc1. The van der Waals surface area contributed by atoms with Crippen molar-refractivity contribution in [2.24, 2.45) is 15.3 Å². The Morgan fingerprint density at radius 1 is 0.556 bits per heavy atom. The molecule has 36 heavy (non-hydrogen) atoms. The smallest absolute Gasteiger partial charge is 0.100 e. The molecule has 1 N–H and O–H groups in total. The van der Waals surface area contributed by atoms with Crippen LogP contribution in [0.15, 0.2) is 148 Å². The average Bonchev–Trinajstić information content (AvgIpc) is 3.40. The van der Waals surface area contributed by atoms with Crippen LogP contribution < -0.4 is 5.43 Å². The fourth-order valence-corrected chi connectivity index (χ4v) is 4.43. The summed E-state index contributed by atoms with van der Waals surface area (Å²) in [4.78, 5) is 0.948. The number of hydrazone groups is 1. The first-order valence-electron chi connectivity index (χ1n) is 11.6. The maximum absolute atomic E-state index is 4.78. The molecule has 0 bridgehead atoms. The molecule has 5 heteroatoms. The molecule has 0 atom stereocenters. The van der Waals surface area contributed by atoms with Crippen LogP contribution >= 0.6 is 11.3 Å². The van der Waals surface area contributed by atoms with E-state index in [2.05, 4.69) is 39.9 Å². The summed E-state index contributed by atoms with van der Waals surface area (Å²) in [5, 5.41) is 15.9. The van der Waals surface area contributed by atoms with Crippen molar-refractivity contribution < 1.29 is 0 Å². The summed E-state index contributed by atoms with van der Waals surface area (Å²) in [5.41, 5.74) is 9.95. The lowest BCUT2D eigenvalue weighted by atomic mass is 10.0. The quantitative estimate of drug-likeness (QED) is 0.180. The van der Waals surface area contributed by atoms with E-state index in [-0.39, 0.29) is 0 Å². The zero-order chi connectivity index (χ0) is 24.4. The van der Waals surface area contributed by atoms with Crippen LogP contribution in [-0.4, -0.2) is 17.6 Å². The Balaban J connectivity index is 1.43. The Hall–Kier alpha value is -4.61. The number of hydrogen-bond donors (Lipinski definition) is 1. The third-order valence-electron chi connectivity index (χ3n) is 5.50. The molecule has 5 aromatic rings. The van der Waals surface area contributed by atoms with Crippen LogP contribution in [0.5, 0.6) is 0 Å². The minimum atomic E-state index is 0.826. The summed E-state index contributed by atoms with van der Waals surface area (Å²) >= 11 is 1.59. The van der Waals surface area contributed by atoms with Crippen LogP contribution in [0.3, 0.4) is 0 Å². The highest BCUT2D eigenvalue weighted by atomic mass is 32.1. The molecule has 0 unspecified atom stereocenters. The topological polar surface area (TPSA) is 49.1 Å². The fraction of sp³-hybridized carbons (Fsp3) is 0. The van der Waals surface area contributed by atoms with Crippen molar-refractivity contribution >= 4 is 34.7 Å². The highest BCUT2D eigenvalue weighted by molar-refractivity contribution is 7.12. The minimum Gasteiger partial charge on any atom is -0.276 e. The maximum Gasteiger partial charge on any atom is 0.100 e. The molecule has 0 radical (unpaired) electrons. The molecule has 1 heterocycles. The van der Waals surface area contributed by atoms with Gasteiger partial charge in [0, 0.05) is 22.3 Å². The number of nitrogens with one attached hydrogen (secondary N) is 1. The van der Waals surface area contributed by atoms with Crippen LogP contribution in [0.4, 0.5) is 5.69 Å². The second-order valence-electron chi connectivity index (χ2n) is 7.93. The summed E-state index contributed by atoms with van der Waals surface area (Å²) in [6, 6.07) is 42.5. The highest BCUT2D eigenvalue weighted by Gasteiger charge is 2.09. The second-order valence-corrected chi connectivity index (χ2v) is 8.88. The number of hydrogen-bond acceptors (Lipinski definition) is 5. The number of benzene rings is 4. The van der Waals surface area contributed by atoms with E-state index in [1.807, 2.05) is 109 Å². The zero-order valence-electron chi connectivity index (χ0n) is 19.5. The van der Waals surface area contributed by atoms with Gasteiger partial charge in [0.2, 0.25) is 0 Å². The number of anilines is 1. The van der Waals surface area contributed by atoms with Crippen molar-refractivity contribution in [1.29, 1.82) is 0 Å². The molecular formula is C31H24N4S. The summed E-state index contributed by atoms with van der Waals surface area (Å²) in [7, 11) is 0. The van der Waals surface area contributed by atoms with Crippen molar-refractivity contribution in [1.82, 2.24) is 0 Å². The van der Waals surface area contributed by atoms with Gasteiger partial charge < -0.3 is 0 Å². The molecule has 0 aliphatic heterocycles. The Labute approximate surface area is 215 Å². The van der Waals surface area contributed by atoms with Crippen LogP contribution in [0.2, 0.25) is 0 Å². The Bertz CT molecular complexity index is 1390. The standard InChI is InChI=1S/C31H24N4S/c1-5-13-24(14-6-1)30(25-15-7-2-8-16-25)34-32-23-29-28(21-22-36-29)33-35-31(26-17-9-3-10-18-26)27-19-11-4-12-20-27/h1-23,33H. The van der Waals surface area contributed by atoms with E-state index in [0.717, 1.165) is 44.2 Å². The number of thiophene rings is 1. The third-order valence-corrected chi connectivity index (χ3v) is 6.36. The van der Waals surface area contributed by atoms with Crippen molar-refractivity contribution in [3.63, 3.8) is 0 Å². The van der Waals surface area contributed by atoms with E-state index in [0.29, 0.717) is 0 Å². The van der Waals surface area contributed by atoms with E-state index in [4.69, 9.17) is 5.10 Å². The first kappa shape index (κ1) is 23.1. The lowest BCUT2D eigenvalue weighted by Crippen LogP contribution is -2.06. The molecule has 0 spiro atoms. The van der Waals surface area contributed by atoms with Gasteiger partial charge in [-0.2, -0.15) is 10.2 Å². The summed E-state index contributed by atoms with van der Waals surface area (Å²) in [6.45, 7) is 0. The van der Waals surface area contributed by atoms with Gasteiger partial charge >= 0.3 is 0 Å². The summed E-state index contributed by atoms with van der Waals surface area (Å²) < 4.78 is 0. The molecule has 4 aromatic carbocycles. The van der Waals surface area contributed by atoms with Crippen molar-refractivity contribution in [2.75, 3.05) is 5.43 Å². The van der Waals surface area contributed by atoms with E-state index in [9.17, 15) is 0 Å². The van der Waals surface area contributed by atoms with Crippen molar-refractivity contribution in [3.05, 3.63) is 160 Å². The van der Waals surface area contributed by atoms with Gasteiger partial charge in [-0.1, -0.05) is 121 Å². The first-order valence-corrected chi connectivity index (χ1v) is 12.5. The molecule has 0 amide bonds. The van der Waals surface area contributed by atoms with Crippen LogP contribution in [0.25, 0.3) is 0 Å². The Morgan fingerprint density at radius 3 is 1.47 bits per heavy atom. The van der Waals surface area contributed by atoms with E-state index in [1.54, 1.807) is 17.6 Å². The van der Waals surface area contributed by atoms with Crippen molar-refractivity contribution in [3.8, 4) is 0 Å². The molecular weight excluding hydrogens is 460 g/mol. The van der Waals surface area contributed by atoms with Gasteiger partial charge in [0.25, 0.3) is 0 Å². The molecule has 5 rings (SSSR count). The van der Waals surface area contributed by atoms with Crippen molar-refractivity contribution in [2.45, 2.75) is 0 Å². The lowest BCUT2D eigenvalue weighted by molar-refractivity contribution is 1.24. The number of nitrogens with zero attached hydrogens (tertiary/aromatic N) is 3. The van der Waals surface area contributed by atoms with Gasteiger partial charge in [0.15, 0.2) is 0 Å². The maximum atomic E-state index is 4.78. The van der Waals surface area contributed by atoms with Gasteiger partial charge in [-0.15, -0.1) is 16.4 Å². The average molecular weight is 485 g/mol. The normalized spacial score (nSPS) is 10.7. The molecule has 0 aliphatic carbocycles. The minimum absolute atomic E-state index is 0.826. The van der Waals surface area contributed by atoms with Gasteiger partial charge in [0.05, 0.1) is 22.5 Å². The number of rotatable bonds is 8.